The summed E-state index contributed by atoms with van der Waals surface area (Å²) in [4.78, 5) is 10.6. The lowest BCUT2D eigenvalue weighted by Gasteiger charge is -2.03. The van der Waals surface area contributed by atoms with Gasteiger partial charge in [-0.2, -0.15) is 0 Å². The van der Waals surface area contributed by atoms with Gasteiger partial charge >= 0.3 is 5.97 Å². The summed E-state index contributed by atoms with van der Waals surface area (Å²) in [6.45, 7) is 4.03. The topological polar surface area (TPSA) is 84.6 Å². The number of sulfone groups is 1. The summed E-state index contributed by atoms with van der Waals surface area (Å²) in [7, 11) is -3.50. The zero-order chi connectivity index (χ0) is 13.1. The summed E-state index contributed by atoms with van der Waals surface area (Å²) >= 11 is 0. The van der Waals surface area contributed by atoms with E-state index in [1.165, 1.54) is 6.07 Å². The Labute approximate surface area is 100 Å². The van der Waals surface area contributed by atoms with Crippen molar-refractivity contribution in [2.75, 3.05) is 5.75 Å². The van der Waals surface area contributed by atoms with Crippen LogP contribution in [0.2, 0.25) is 0 Å². The van der Waals surface area contributed by atoms with E-state index in [0.717, 1.165) is 12.5 Å². The highest BCUT2D eigenvalue weighted by Crippen LogP contribution is 2.17. The van der Waals surface area contributed by atoms with E-state index >= 15 is 0 Å². The number of carbonyl (C=O) groups is 1. The molecule has 0 spiro atoms. The van der Waals surface area contributed by atoms with Crippen LogP contribution in [0.1, 0.15) is 37.2 Å². The van der Waals surface area contributed by atoms with Crippen LogP contribution in [0.15, 0.2) is 21.6 Å². The molecule has 1 rings (SSSR count). The summed E-state index contributed by atoms with van der Waals surface area (Å²) in [6.07, 6.45) is 1.36. The molecule has 96 valence electrons. The van der Waals surface area contributed by atoms with Crippen LogP contribution in [0.5, 0.6) is 0 Å². The lowest BCUT2D eigenvalue weighted by atomic mass is 10.1. The number of rotatable bonds is 6. The predicted molar refractivity (Wildman–Crippen MR) is 61.8 cm³/mol. The Hall–Kier alpha value is -1.30. The zero-order valence-electron chi connectivity index (χ0n) is 9.84. The number of carboxylic acids is 1. The fourth-order valence-electron chi connectivity index (χ4n) is 1.38. The minimum Gasteiger partial charge on any atom is -0.475 e. The van der Waals surface area contributed by atoms with Crippen LogP contribution in [0.25, 0.3) is 0 Å². The molecule has 0 radical (unpaired) electrons. The molecule has 0 aliphatic rings. The van der Waals surface area contributed by atoms with E-state index < -0.39 is 15.8 Å². The van der Waals surface area contributed by atoms with Gasteiger partial charge in [0.25, 0.3) is 0 Å². The van der Waals surface area contributed by atoms with Gasteiger partial charge in [0.1, 0.15) is 0 Å². The highest BCUT2D eigenvalue weighted by molar-refractivity contribution is 7.91. The molecule has 17 heavy (non-hydrogen) atoms. The van der Waals surface area contributed by atoms with E-state index in [4.69, 9.17) is 9.52 Å². The molecule has 0 unspecified atom stereocenters. The van der Waals surface area contributed by atoms with Gasteiger partial charge in [-0.25, -0.2) is 13.2 Å². The van der Waals surface area contributed by atoms with E-state index in [-0.39, 0.29) is 16.6 Å². The van der Waals surface area contributed by atoms with E-state index in [0.29, 0.717) is 12.3 Å². The Morgan fingerprint density at radius 3 is 2.53 bits per heavy atom. The average molecular weight is 260 g/mol. The van der Waals surface area contributed by atoms with Crippen LogP contribution in [-0.4, -0.2) is 25.2 Å². The monoisotopic (exact) mass is 260 g/mol. The number of hydrogen-bond acceptors (Lipinski definition) is 4. The summed E-state index contributed by atoms with van der Waals surface area (Å²) in [5.74, 6) is -1.20. The minimum absolute atomic E-state index is 0.0161. The van der Waals surface area contributed by atoms with E-state index in [2.05, 4.69) is 0 Å². The molecule has 0 aromatic carbocycles. The van der Waals surface area contributed by atoms with Crippen molar-refractivity contribution in [3.05, 3.63) is 17.9 Å². The highest BCUT2D eigenvalue weighted by atomic mass is 32.2. The van der Waals surface area contributed by atoms with Crippen LogP contribution < -0.4 is 0 Å². The van der Waals surface area contributed by atoms with Crippen molar-refractivity contribution in [1.29, 1.82) is 0 Å². The molecule has 0 bridgehead atoms. The Morgan fingerprint density at radius 2 is 2.06 bits per heavy atom. The molecule has 1 aromatic rings. The maximum atomic E-state index is 11.8. The van der Waals surface area contributed by atoms with Crippen molar-refractivity contribution < 1.29 is 22.7 Å². The fraction of sp³-hybridized carbons (Fsp3) is 0.545. The largest absolute Gasteiger partial charge is 0.475 e. The van der Waals surface area contributed by atoms with Gasteiger partial charge in [0, 0.05) is 0 Å². The minimum atomic E-state index is -3.50. The van der Waals surface area contributed by atoms with Crippen LogP contribution in [0.3, 0.4) is 0 Å². The molecule has 0 atom stereocenters. The van der Waals surface area contributed by atoms with E-state index in [1.807, 2.05) is 13.8 Å². The number of aromatic carboxylic acids is 1. The Morgan fingerprint density at radius 1 is 1.41 bits per heavy atom. The summed E-state index contributed by atoms with van der Waals surface area (Å²) in [6, 6.07) is 2.34. The van der Waals surface area contributed by atoms with E-state index in [9.17, 15) is 13.2 Å². The van der Waals surface area contributed by atoms with Crippen molar-refractivity contribution in [2.45, 2.75) is 31.8 Å². The van der Waals surface area contributed by atoms with Crippen LogP contribution in [0, 0.1) is 5.92 Å². The standard InChI is InChI=1S/C11H16O5S/c1-8(2)4-3-7-17(14,15)10-6-5-9(16-10)11(12)13/h5-6,8H,3-4,7H2,1-2H3,(H,12,13). The number of furan rings is 1. The average Bonchev–Trinajstić information content (AvgIpc) is 2.65. The maximum Gasteiger partial charge on any atom is 0.371 e. The summed E-state index contributed by atoms with van der Waals surface area (Å²) in [5.41, 5.74) is 0. The Kier molecular flexibility index (Phi) is 4.34. The van der Waals surface area contributed by atoms with Crippen LogP contribution in [-0.2, 0) is 9.84 Å². The molecule has 0 saturated carbocycles. The second-order valence-electron chi connectivity index (χ2n) is 4.28. The van der Waals surface area contributed by atoms with E-state index in [1.54, 1.807) is 0 Å². The van der Waals surface area contributed by atoms with Crippen molar-refractivity contribution in [1.82, 2.24) is 0 Å². The second-order valence-corrected chi connectivity index (χ2v) is 6.32. The zero-order valence-corrected chi connectivity index (χ0v) is 10.7. The molecule has 0 aliphatic heterocycles. The second kappa shape index (κ2) is 5.35. The molecule has 1 aromatic heterocycles. The van der Waals surface area contributed by atoms with Crippen LogP contribution in [0.4, 0.5) is 0 Å². The summed E-state index contributed by atoms with van der Waals surface area (Å²) < 4.78 is 28.3. The third-order valence-corrected chi connectivity index (χ3v) is 3.95. The number of carboxylic acid groups (broad SMARTS) is 1. The van der Waals surface area contributed by atoms with Gasteiger partial charge in [-0.15, -0.1) is 0 Å². The molecule has 6 heteroatoms. The lowest BCUT2D eigenvalue weighted by molar-refractivity contribution is 0.0656. The molecule has 5 nitrogen and oxygen atoms in total. The number of hydrogen-bond donors (Lipinski definition) is 1. The van der Waals surface area contributed by atoms with Crippen molar-refractivity contribution >= 4 is 15.8 Å². The van der Waals surface area contributed by atoms with Gasteiger partial charge in [-0.3, -0.25) is 0 Å². The van der Waals surface area contributed by atoms with Crippen molar-refractivity contribution in [3.8, 4) is 0 Å². The summed E-state index contributed by atoms with van der Waals surface area (Å²) in [5, 5.41) is 8.36. The highest BCUT2D eigenvalue weighted by Gasteiger charge is 2.20. The first kappa shape index (κ1) is 13.8. The first-order valence-corrected chi connectivity index (χ1v) is 7.04. The Bertz CT molecular complexity index is 484. The molecular formula is C11H16O5S. The van der Waals surface area contributed by atoms with Gasteiger partial charge in [0.2, 0.25) is 20.7 Å². The normalized spacial score (nSPS) is 11.9. The predicted octanol–water partition coefficient (Wildman–Crippen LogP) is 2.19. The molecule has 1 heterocycles. The van der Waals surface area contributed by atoms with Gasteiger partial charge in [-0.1, -0.05) is 13.8 Å². The van der Waals surface area contributed by atoms with Crippen LogP contribution >= 0.6 is 0 Å². The van der Waals surface area contributed by atoms with Crippen molar-refractivity contribution in [3.63, 3.8) is 0 Å². The molecule has 0 fully saturated rings. The van der Waals surface area contributed by atoms with Gasteiger partial charge < -0.3 is 9.52 Å². The molecule has 0 amide bonds. The first-order chi connectivity index (χ1) is 7.83. The molecule has 0 saturated heterocycles. The fourth-order valence-corrected chi connectivity index (χ4v) is 2.62. The van der Waals surface area contributed by atoms with Crippen molar-refractivity contribution in [2.24, 2.45) is 5.92 Å². The third kappa shape index (κ3) is 3.89. The lowest BCUT2D eigenvalue weighted by Crippen LogP contribution is -2.07. The molecular weight excluding hydrogens is 244 g/mol. The Balaban J connectivity index is 2.72. The van der Waals surface area contributed by atoms with Gasteiger partial charge in [-0.05, 0) is 30.9 Å². The SMILES string of the molecule is CC(C)CCCS(=O)(=O)c1ccc(C(=O)O)o1. The smallest absolute Gasteiger partial charge is 0.371 e. The van der Waals surface area contributed by atoms with Gasteiger partial charge in [0.15, 0.2) is 0 Å². The molecule has 1 N–H and O–H groups in total. The maximum absolute atomic E-state index is 11.8. The first-order valence-electron chi connectivity index (χ1n) is 5.39. The quantitative estimate of drug-likeness (QED) is 0.847. The van der Waals surface area contributed by atoms with Gasteiger partial charge in [0.05, 0.1) is 5.75 Å². The molecule has 0 aliphatic carbocycles. The third-order valence-electron chi connectivity index (χ3n) is 2.29.